The molecule has 1 nitrogen and oxygen atoms in total. The molecule has 0 heterocycles. The molecule has 206 valence electrons. The maximum absolute atomic E-state index is 3.77. The van der Waals surface area contributed by atoms with E-state index in [-0.39, 0.29) is 5.41 Å². The fourth-order valence-electron chi connectivity index (χ4n) is 7.62. The third-order valence-electron chi connectivity index (χ3n) is 9.45. The van der Waals surface area contributed by atoms with Crippen molar-refractivity contribution in [3.63, 3.8) is 0 Å². The molecule has 0 unspecified atom stereocenters. The molecular weight excluding hydrogens is 530 g/mol. The van der Waals surface area contributed by atoms with Crippen LogP contribution in [0.1, 0.15) is 22.3 Å². The van der Waals surface area contributed by atoms with Crippen LogP contribution < -0.4 is 5.32 Å². The van der Waals surface area contributed by atoms with Crippen LogP contribution in [0.4, 0.5) is 11.4 Å². The summed E-state index contributed by atoms with van der Waals surface area (Å²) < 4.78 is 0. The highest BCUT2D eigenvalue weighted by atomic mass is 14.9. The first kappa shape index (κ1) is 24.9. The Kier molecular flexibility index (Phi) is 5.48. The van der Waals surface area contributed by atoms with Gasteiger partial charge in [-0.3, -0.25) is 0 Å². The molecule has 7 aromatic carbocycles. The number of hydrogen-bond acceptors (Lipinski definition) is 1. The molecule has 0 atom stereocenters. The van der Waals surface area contributed by atoms with Gasteiger partial charge in [-0.15, -0.1) is 0 Å². The monoisotopic (exact) mass is 559 g/mol. The third kappa shape index (κ3) is 3.60. The van der Waals surface area contributed by atoms with Crippen LogP contribution in [-0.4, -0.2) is 0 Å². The van der Waals surface area contributed by atoms with Crippen LogP contribution in [0.15, 0.2) is 170 Å². The summed E-state index contributed by atoms with van der Waals surface area (Å²) in [6.07, 6.45) is 0. The molecule has 0 aromatic heterocycles. The van der Waals surface area contributed by atoms with Gasteiger partial charge in [0.1, 0.15) is 0 Å². The van der Waals surface area contributed by atoms with Crippen molar-refractivity contribution in [1.29, 1.82) is 0 Å². The van der Waals surface area contributed by atoms with Crippen LogP contribution >= 0.6 is 0 Å². The van der Waals surface area contributed by atoms with Crippen molar-refractivity contribution in [3.05, 3.63) is 192 Å². The molecule has 0 aliphatic heterocycles. The van der Waals surface area contributed by atoms with Crippen molar-refractivity contribution < 1.29 is 0 Å². The lowest BCUT2D eigenvalue weighted by Gasteiger charge is -2.30. The molecule has 0 amide bonds. The standard InChI is InChI=1S/C43H29N/c1-2-12-29(13-3-1)30-14-10-15-31(26-30)32-16-11-17-33(27-32)44-34-24-25-38-37-20-6-9-23-41(37)43(42(38)28-34)39-21-7-4-18-35(39)36-19-5-8-22-40(36)43/h1-28,44H. The highest BCUT2D eigenvalue weighted by molar-refractivity contribution is 5.95. The largest absolute Gasteiger partial charge is 0.355 e. The zero-order chi connectivity index (χ0) is 29.1. The van der Waals surface area contributed by atoms with Crippen molar-refractivity contribution >= 4 is 11.4 Å². The zero-order valence-corrected chi connectivity index (χ0v) is 24.2. The molecule has 2 aliphatic rings. The normalized spacial score (nSPS) is 13.2. The van der Waals surface area contributed by atoms with Gasteiger partial charge in [-0.2, -0.15) is 0 Å². The third-order valence-corrected chi connectivity index (χ3v) is 9.45. The van der Waals surface area contributed by atoms with E-state index in [9.17, 15) is 0 Å². The Balaban J connectivity index is 1.15. The molecular formula is C43H29N. The molecule has 0 fully saturated rings. The van der Waals surface area contributed by atoms with Crippen molar-refractivity contribution in [2.45, 2.75) is 5.41 Å². The molecule has 1 N–H and O–H groups in total. The van der Waals surface area contributed by atoms with Crippen LogP contribution in [-0.2, 0) is 5.41 Å². The predicted molar refractivity (Wildman–Crippen MR) is 183 cm³/mol. The van der Waals surface area contributed by atoms with Gasteiger partial charge in [0, 0.05) is 11.4 Å². The van der Waals surface area contributed by atoms with E-state index in [0.29, 0.717) is 0 Å². The van der Waals surface area contributed by atoms with Gasteiger partial charge in [0.15, 0.2) is 0 Å². The minimum absolute atomic E-state index is 0.337. The van der Waals surface area contributed by atoms with Gasteiger partial charge < -0.3 is 5.32 Å². The molecule has 0 saturated carbocycles. The average Bonchev–Trinajstić information content (AvgIpc) is 3.56. The lowest BCUT2D eigenvalue weighted by molar-refractivity contribution is 0.794. The van der Waals surface area contributed by atoms with Crippen molar-refractivity contribution in [1.82, 2.24) is 0 Å². The van der Waals surface area contributed by atoms with E-state index >= 15 is 0 Å². The predicted octanol–water partition coefficient (Wildman–Crippen LogP) is 11.1. The number of benzene rings is 7. The highest BCUT2D eigenvalue weighted by Crippen LogP contribution is 2.62. The van der Waals surface area contributed by atoms with Gasteiger partial charge in [0.2, 0.25) is 0 Å². The minimum atomic E-state index is -0.337. The number of hydrogen-bond donors (Lipinski definition) is 1. The van der Waals surface area contributed by atoms with E-state index in [0.717, 1.165) is 11.4 Å². The molecule has 0 radical (unpaired) electrons. The first-order valence-corrected chi connectivity index (χ1v) is 15.3. The van der Waals surface area contributed by atoms with E-state index in [1.54, 1.807) is 0 Å². The Morgan fingerprint density at radius 3 is 1.39 bits per heavy atom. The molecule has 44 heavy (non-hydrogen) atoms. The van der Waals surface area contributed by atoms with Gasteiger partial charge in [-0.1, -0.05) is 140 Å². The Labute approximate surface area is 258 Å². The Morgan fingerprint density at radius 1 is 0.295 bits per heavy atom. The smallest absolute Gasteiger partial charge is 0.0726 e. The number of anilines is 2. The Hall–Kier alpha value is -5.66. The van der Waals surface area contributed by atoms with E-state index in [1.807, 2.05) is 0 Å². The second-order valence-corrected chi connectivity index (χ2v) is 11.8. The van der Waals surface area contributed by atoms with E-state index in [2.05, 4.69) is 175 Å². The Bertz CT molecular complexity index is 2140. The first-order chi connectivity index (χ1) is 21.8. The highest BCUT2D eigenvalue weighted by Gasteiger charge is 2.51. The molecule has 1 heteroatoms. The summed E-state index contributed by atoms with van der Waals surface area (Å²) in [5.41, 5.74) is 17.4. The summed E-state index contributed by atoms with van der Waals surface area (Å²) in [7, 11) is 0. The fourth-order valence-corrected chi connectivity index (χ4v) is 7.62. The first-order valence-electron chi connectivity index (χ1n) is 15.3. The molecule has 0 bridgehead atoms. The molecule has 7 aromatic rings. The second-order valence-electron chi connectivity index (χ2n) is 11.8. The van der Waals surface area contributed by atoms with E-state index in [1.165, 1.54) is 66.8 Å². The number of rotatable bonds is 4. The number of nitrogens with one attached hydrogen (secondary N) is 1. The molecule has 0 saturated heterocycles. The Morgan fingerprint density at radius 2 is 0.750 bits per heavy atom. The van der Waals surface area contributed by atoms with Crippen LogP contribution in [0, 0.1) is 0 Å². The second kappa shape index (κ2) is 9.69. The maximum Gasteiger partial charge on any atom is 0.0726 e. The minimum Gasteiger partial charge on any atom is -0.355 e. The molecule has 2 aliphatic carbocycles. The lowest BCUT2D eigenvalue weighted by atomic mass is 9.70. The summed E-state index contributed by atoms with van der Waals surface area (Å²) in [5.74, 6) is 0. The van der Waals surface area contributed by atoms with Gasteiger partial charge in [0.25, 0.3) is 0 Å². The average molecular weight is 560 g/mol. The van der Waals surface area contributed by atoms with Crippen LogP contribution in [0.5, 0.6) is 0 Å². The number of fused-ring (bicyclic) bond motifs is 10. The van der Waals surface area contributed by atoms with Crippen LogP contribution in [0.25, 0.3) is 44.5 Å². The van der Waals surface area contributed by atoms with Crippen LogP contribution in [0.3, 0.4) is 0 Å². The van der Waals surface area contributed by atoms with Gasteiger partial charge >= 0.3 is 0 Å². The van der Waals surface area contributed by atoms with Crippen molar-refractivity contribution in [3.8, 4) is 44.5 Å². The zero-order valence-electron chi connectivity index (χ0n) is 24.2. The topological polar surface area (TPSA) is 12.0 Å². The summed E-state index contributed by atoms with van der Waals surface area (Å²) in [5, 5.41) is 3.77. The fraction of sp³-hybridized carbons (Fsp3) is 0.0233. The summed E-state index contributed by atoms with van der Waals surface area (Å²) >= 11 is 0. The van der Waals surface area contributed by atoms with E-state index < -0.39 is 0 Å². The summed E-state index contributed by atoms with van der Waals surface area (Å²) in [6.45, 7) is 0. The SMILES string of the molecule is c1ccc(-c2cccc(-c3cccc(Nc4ccc5c(c4)C4(c6ccccc6-c6ccccc64)c4ccccc4-5)c3)c2)cc1. The quantitative estimate of drug-likeness (QED) is 0.226. The summed E-state index contributed by atoms with van der Waals surface area (Å²) in [4.78, 5) is 0. The molecule has 9 rings (SSSR count). The van der Waals surface area contributed by atoms with Gasteiger partial charge in [-0.05, 0) is 97.1 Å². The maximum atomic E-state index is 3.77. The van der Waals surface area contributed by atoms with Gasteiger partial charge in [-0.25, -0.2) is 0 Å². The van der Waals surface area contributed by atoms with Crippen molar-refractivity contribution in [2.24, 2.45) is 0 Å². The van der Waals surface area contributed by atoms with E-state index in [4.69, 9.17) is 0 Å². The van der Waals surface area contributed by atoms with Gasteiger partial charge in [0.05, 0.1) is 5.41 Å². The summed E-state index contributed by atoms with van der Waals surface area (Å²) in [6, 6.07) is 61.9. The van der Waals surface area contributed by atoms with Crippen LogP contribution in [0.2, 0.25) is 0 Å². The van der Waals surface area contributed by atoms with Crippen molar-refractivity contribution in [2.75, 3.05) is 5.32 Å². The molecule has 1 spiro atoms. The lowest BCUT2D eigenvalue weighted by Crippen LogP contribution is -2.25.